The molecule has 0 fully saturated rings. The Labute approximate surface area is 224 Å². The van der Waals surface area contributed by atoms with Crippen LogP contribution in [-0.4, -0.2) is 23.8 Å². The fourth-order valence-electron chi connectivity index (χ4n) is 4.69. The van der Waals surface area contributed by atoms with Gasteiger partial charge in [-0.15, -0.1) is 0 Å². The van der Waals surface area contributed by atoms with Crippen LogP contribution in [0.4, 0.5) is 4.79 Å². The Balaban J connectivity index is 2.71. The van der Waals surface area contributed by atoms with Crippen LogP contribution in [-0.2, 0) is 26.1 Å². The average molecular weight is 511 g/mol. The van der Waals surface area contributed by atoms with E-state index >= 15 is 0 Å². The second-order valence-corrected chi connectivity index (χ2v) is 13.5. The number of benzene rings is 1. The van der Waals surface area contributed by atoms with Crippen molar-refractivity contribution in [1.82, 2.24) is 0 Å². The zero-order valence-corrected chi connectivity index (χ0v) is 24.9. The molecule has 1 aliphatic carbocycles. The van der Waals surface area contributed by atoms with Crippen LogP contribution < -0.4 is 4.74 Å². The summed E-state index contributed by atoms with van der Waals surface area (Å²) in [6, 6.07) is 4.09. The number of rotatable bonds is 5. The number of hydrogen-bond donors (Lipinski definition) is 0. The molecule has 0 heterocycles. The first-order valence-corrected chi connectivity index (χ1v) is 13.0. The van der Waals surface area contributed by atoms with E-state index in [-0.39, 0.29) is 10.8 Å². The van der Waals surface area contributed by atoms with E-state index in [1.165, 1.54) is 6.08 Å². The summed E-state index contributed by atoms with van der Waals surface area (Å²) in [5.41, 5.74) is 3.19. The van der Waals surface area contributed by atoms with Crippen molar-refractivity contribution in [2.45, 2.75) is 107 Å². The van der Waals surface area contributed by atoms with Crippen molar-refractivity contribution in [3.63, 3.8) is 0 Å². The highest BCUT2D eigenvalue weighted by atomic mass is 16.7. The van der Waals surface area contributed by atoms with Crippen LogP contribution in [0, 0.1) is 17.8 Å². The van der Waals surface area contributed by atoms with Crippen molar-refractivity contribution in [1.29, 1.82) is 0 Å². The Bertz CT molecular complexity index is 1120. The lowest BCUT2D eigenvalue weighted by Gasteiger charge is -2.48. The van der Waals surface area contributed by atoms with Gasteiger partial charge in [0.25, 0.3) is 0 Å². The van der Waals surface area contributed by atoms with Crippen LogP contribution in [0.25, 0.3) is 0 Å². The minimum absolute atomic E-state index is 0.209. The molecule has 0 bridgehead atoms. The smallest absolute Gasteiger partial charge is 0.454 e. The molecular weight excluding hydrogens is 464 g/mol. The fourth-order valence-corrected chi connectivity index (χ4v) is 4.69. The number of allylic oxidation sites excluding steroid dienone is 2. The summed E-state index contributed by atoms with van der Waals surface area (Å²) in [5.74, 6) is 0.0240. The molecule has 0 spiro atoms. The van der Waals surface area contributed by atoms with Crippen molar-refractivity contribution < 1.29 is 23.8 Å². The van der Waals surface area contributed by atoms with E-state index in [1.807, 2.05) is 33.8 Å². The lowest BCUT2D eigenvalue weighted by Crippen LogP contribution is -2.47. The number of hydrogen-bond acceptors (Lipinski definition) is 5. The van der Waals surface area contributed by atoms with Gasteiger partial charge in [-0.2, -0.15) is 0 Å². The van der Waals surface area contributed by atoms with Crippen molar-refractivity contribution in [2.75, 3.05) is 0 Å². The van der Waals surface area contributed by atoms with Gasteiger partial charge in [-0.3, -0.25) is 0 Å². The van der Waals surface area contributed by atoms with E-state index < -0.39 is 29.2 Å². The van der Waals surface area contributed by atoms with Gasteiger partial charge >= 0.3 is 12.1 Å². The Morgan fingerprint density at radius 3 is 2.11 bits per heavy atom. The largest absolute Gasteiger partial charge is 0.514 e. The molecule has 0 radical (unpaired) electrons. The second kappa shape index (κ2) is 10.5. The van der Waals surface area contributed by atoms with Gasteiger partial charge in [-0.05, 0) is 56.6 Å². The molecule has 1 aromatic rings. The molecule has 2 rings (SSSR count). The number of carbonyl (C=O) groups excluding carboxylic acids is 2. The molecule has 5 nitrogen and oxygen atoms in total. The predicted molar refractivity (Wildman–Crippen MR) is 150 cm³/mol. The molecule has 0 N–H and O–H groups in total. The van der Waals surface area contributed by atoms with Crippen LogP contribution in [0.1, 0.15) is 92.9 Å². The number of aryl methyl sites for hydroxylation is 1. The summed E-state index contributed by atoms with van der Waals surface area (Å²) < 4.78 is 17.5. The van der Waals surface area contributed by atoms with E-state index in [1.54, 1.807) is 0 Å². The topological polar surface area (TPSA) is 61.8 Å². The maximum absolute atomic E-state index is 12.8. The molecule has 0 saturated carbocycles. The third-order valence-electron chi connectivity index (χ3n) is 6.93. The van der Waals surface area contributed by atoms with Gasteiger partial charge in [0.05, 0.1) is 0 Å². The molecule has 1 unspecified atom stereocenters. The minimum atomic E-state index is -0.744. The Kier molecular flexibility index (Phi) is 8.64. The molecule has 0 aliphatic heterocycles. The highest BCUT2D eigenvalue weighted by Crippen LogP contribution is 2.50. The molecule has 1 aliphatic rings. The molecular formula is C32H46O5. The normalized spacial score (nSPS) is 20.5. The summed E-state index contributed by atoms with van der Waals surface area (Å²) in [4.78, 5) is 25.3. The van der Waals surface area contributed by atoms with Gasteiger partial charge in [0.1, 0.15) is 17.5 Å². The predicted octanol–water partition coefficient (Wildman–Crippen LogP) is 8.19. The van der Waals surface area contributed by atoms with Gasteiger partial charge in [0.15, 0.2) is 0 Å². The molecule has 1 aromatic carbocycles. The second-order valence-electron chi connectivity index (χ2n) is 13.5. The SMILES string of the molecule is C=CC(=O)OC1C(Cc2cc(C)cc(C(C)(C)C)c2OC(=O)OC(C)(C)C)=CC(C)=C[C@@]1(C)C(C)(C)C. The number of ether oxygens (including phenoxy) is 3. The summed E-state index contributed by atoms with van der Waals surface area (Å²) in [7, 11) is 0. The Morgan fingerprint density at radius 1 is 1.03 bits per heavy atom. The zero-order chi connectivity index (χ0) is 28.6. The maximum atomic E-state index is 12.8. The lowest BCUT2D eigenvalue weighted by atomic mass is 9.60. The molecule has 37 heavy (non-hydrogen) atoms. The van der Waals surface area contributed by atoms with Crippen LogP contribution in [0.15, 0.2) is 48.1 Å². The zero-order valence-electron chi connectivity index (χ0n) is 24.9. The van der Waals surface area contributed by atoms with E-state index in [0.717, 1.165) is 27.8 Å². The first-order chi connectivity index (χ1) is 16.7. The maximum Gasteiger partial charge on any atom is 0.514 e. The monoisotopic (exact) mass is 510 g/mol. The molecule has 5 heteroatoms. The molecule has 0 aromatic heterocycles. The van der Waals surface area contributed by atoms with Gasteiger partial charge in [-0.1, -0.05) is 90.5 Å². The standard InChI is InChI=1S/C32H46O5/c1-14-25(33)35-27-23(16-21(3)19-32(27,13)30(7,8)9)18-22-15-20(2)17-24(29(4,5)6)26(22)36-28(34)37-31(10,11)12/h14-17,19,27H,1,18H2,2-13H3/t27?,32-/m1/s1. The average Bonchev–Trinajstić information content (AvgIpc) is 2.69. The van der Waals surface area contributed by atoms with Gasteiger partial charge in [0.2, 0.25) is 0 Å². The van der Waals surface area contributed by atoms with Crippen molar-refractivity contribution in [2.24, 2.45) is 10.8 Å². The number of carbonyl (C=O) groups is 2. The highest BCUT2D eigenvalue weighted by molar-refractivity contribution is 5.81. The minimum Gasteiger partial charge on any atom is -0.454 e. The highest BCUT2D eigenvalue weighted by Gasteiger charge is 2.48. The first kappa shape index (κ1) is 30.4. The van der Waals surface area contributed by atoms with Crippen molar-refractivity contribution >= 4 is 12.1 Å². The summed E-state index contributed by atoms with van der Waals surface area (Å²) in [6.07, 6.45) is 4.64. The third kappa shape index (κ3) is 7.37. The van der Waals surface area contributed by atoms with Gasteiger partial charge in [0, 0.05) is 23.5 Å². The lowest BCUT2D eigenvalue weighted by molar-refractivity contribution is -0.149. The third-order valence-corrected chi connectivity index (χ3v) is 6.93. The van der Waals surface area contributed by atoms with E-state index in [4.69, 9.17) is 14.2 Å². The van der Waals surface area contributed by atoms with Crippen LogP contribution >= 0.6 is 0 Å². The summed E-state index contributed by atoms with van der Waals surface area (Å²) in [5, 5.41) is 0. The van der Waals surface area contributed by atoms with Crippen LogP contribution in [0.5, 0.6) is 5.75 Å². The fraction of sp³-hybridized carbons (Fsp3) is 0.562. The first-order valence-electron chi connectivity index (χ1n) is 13.0. The summed E-state index contributed by atoms with van der Waals surface area (Å²) in [6.45, 7) is 28.0. The Morgan fingerprint density at radius 2 is 1.62 bits per heavy atom. The van der Waals surface area contributed by atoms with E-state index in [9.17, 15) is 9.59 Å². The molecule has 0 saturated heterocycles. The van der Waals surface area contributed by atoms with Crippen LogP contribution in [0.3, 0.4) is 0 Å². The molecule has 2 atom stereocenters. The van der Waals surface area contributed by atoms with Crippen molar-refractivity contribution in [3.05, 3.63) is 64.8 Å². The van der Waals surface area contributed by atoms with Gasteiger partial charge in [-0.25, -0.2) is 9.59 Å². The summed E-state index contributed by atoms with van der Waals surface area (Å²) >= 11 is 0. The van der Waals surface area contributed by atoms with E-state index in [0.29, 0.717) is 12.2 Å². The van der Waals surface area contributed by atoms with Crippen molar-refractivity contribution in [3.8, 4) is 5.75 Å². The van der Waals surface area contributed by atoms with E-state index in [2.05, 4.69) is 80.2 Å². The quantitative estimate of drug-likeness (QED) is 0.227. The molecule has 204 valence electrons. The number of esters is 1. The molecule has 0 amide bonds. The Hall–Kier alpha value is -2.82. The van der Waals surface area contributed by atoms with Gasteiger partial charge < -0.3 is 14.2 Å². The van der Waals surface area contributed by atoms with Crippen LogP contribution in [0.2, 0.25) is 0 Å².